The summed E-state index contributed by atoms with van der Waals surface area (Å²) in [6.45, 7) is 1.36. The van der Waals surface area contributed by atoms with Gasteiger partial charge in [-0.05, 0) is 25.8 Å². The van der Waals surface area contributed by atoms with Crippen LogP contribution in [-0.4, -0.2) is 16.1 Å². The first kappa shape index (κ1) is 9.65. The van der Waals surface area contributed by atoms with E-state index in [2.05, 4.69) is 9.55 Å². The molecular formula is C10H16FN3. The Bertz CT molecular complexity index is 285. The quantitative estimate of drug-likeness (QED) is 0.799. The first-order valence-corrected chi connectivity index (χ1v) is 5.21. The summed E-state index contributed by atoms with van der Waals surface area (Å²) >= 11 is 0. The molecule has 2 N–H and O–H groups in total. The van der Waals surface area contributed by atoms with Crippen LogP contribution in [0.1, 0.15) is 37.0 Å². The Kier molecular flexibility index (Phi) is 2.82. The Labute approximate surface area is 83.1 Å². The molecule has 3 nitrogen and oxygen atoms in total. The molecular weight excluding hydrogens is 181 g/mol. The predicted molar refractivity (Wildman–Crippen MR) is 52.7 cm³/mol. The molecule has 4 heteroatoms. The SMILES string of the molecule is NCCC(F)c1cn2c(n1)CCCC2. The number of aryl methyl sites for hydroxylation is 2. The molecule has 2 rings (SSSR count). The van der Waals surface area contributed by atoms with Crippen molar-refractivity contribution < 1.29 is 4.39 Å². The molecule has 1 aromatic heterocycles. The van der Waals surface area contributed by atoms with E-state index in [4.69, 9.17) is 5.73 Å². The van der Waals surface area contributed by atoms with E-state index < -0.39 is 6.17 Å². The zero-order chi connectivity index (χ0) is 9.97. The minimum absolute atomic E-state index is 0.371. The zero-order valence-electron chi connectivity index (χ0n) is 8.25. The Morgan fingerprint density at radius 1 is 1.57 bits per heavy atom. The first-order valence-electron chi connectivity index (χ1n) is 5.21. The zero-order valence-corrected chi connectivity index (χ0v) is 8.25. The fourth-order valence-corrected chi connectivity index (χ4v) is 1.88. The summed E-state index contributed by atoms with van der Waals surface area (Å²) in [4.78, 5) is 4.30. The molecule has 0 fully saturated rings. The molecule has 0 saturated carbocycles. The summed E-state index contributed by atoms with van der Waals surface area (Å²) in [6, 6.07) is 0. The first-order chi connectivity index (χ1) is 6.81. The number of hydrogen-bond acceptors (Lipinski definition) is 2. The molecule has 0 bridgehead atoms. The van der Waals surface area contributed by atoms with E-state index in [1.807, 2.05) is 6.20 Å². The van der Waals surface area contributed by atoms with Crippen LogP contribution in [0.3, 0.4) is 0 Å². The third-order valence-corrected chi connectivity index (χ3v) is 2.67. The summed E-state index contributed by atoms with van der Waals surface area (Å²) in [5, 5.41) is 0. The van der Waals surface area contributed by atoms with Crippen molar-refractivity contribution in [2.75, 3.05) is 6.54 Å². The van der Waals surface area contributed by atoms with Crippen molar-refractivity contribution in [3.63, 3.8) is 0 Å². The molecule has 0 aliphatic carbocycles. The second-order valence-electron chi connectivity index (χ2n) is 3.78. The highest BCUT2D eigenvalue weighted by Gasteiger charge is 2.17. The van der Waals surface area contributed by atoms with E-state index >= 15 is 0 Å². The standard InChI is InChI=1S/C10H16FN3/c11-8(4-5-12)9-7-14-6-2-1-3-10(14)13-9/h7-8H,1-6,12H2. The van der Waals surface area contributed by atoms with E-state index in [1.54, 1.807) is 0 Å². The van der Waals surface area contributed by atoms with Crippen LogP contribution in [0.15, 0.2) is 6.20 Å². The van der Waals surface area contributed by atoms with E-state index in [0.29, 0.717) is 18.7 Å². The van der Waals surface area contributed by atoms with Crippen LogP contribution in [0.25, 0.3) is 0 Å². The number of aromatic nitrogens is 2. The Morgan fingerprint density at radius 3 is 3.14 bits per heavy atom. The van der Waals surface area contributed by atoms with Crippen LogP contribution < -0.4 is 5.73 Å². The summed E-state index contributed by atoms with van der Waals surface area (Å²) in [6.07, 6.45) is 4.56. The van der Waals surface area contributed by atoms with Crippen LogP contribution in [-0.2, 0) is 13.0 Å². The molecule has 0 radical (unpaired) electrons. The average molecular weight is 197 g/mol. The van der Waals surface area contributed by atoms with E-state index in [0.717, 1.165) is 18.8 Å². The van der Waals surface area contributed by atoms with Crippen LogP contribution in [0.4, 0.5) is 4.39 Å². The van der Waals surface area contributed by atoms with Gasteiger partial charge in [0.25, 0.3) is 0 Å². The number of rotatable bonds is 3. The third-order valence-electron chi connectivity index (χ3n) is 2.67. The molecule has 0 amide bonds. The lowest BCUT2D eigenvalue weighted by atomic mass is 10.2. The molecule has 2 heterocycles. The smallest absolute Gasteiger partial charge is 0.145 e. The van der Waals surface area contributed by atoms with Gasteiger partial charge in [0.1, 0.15) is 12.0 Å². The van der Waals surface area contributed by atoms with Crippen molar-refractivity contribution in [2.45, 2.75) is 38.4 Å². The lowest BCUT2D eigenvalue weighted by molar-refractivity contribution is 0.320. The maximum absolute atomic E-state index is 13.5. The predicted octanol–water partition coefficient (Wildman–Crippen LogP) is 1.58. The number of imidazole rings is 1. The van der Waals surface area contributed by atoms with Crippen molar-refractivity contribution in [3.05, 3.63) is 17.7 Å². The number of halogens is 1. The number of nitrogens with zero attached hydrogens (tertiary/aromatic N) is 2. The highest BCUT2D eigenvalue weighted by molar-refractivity contribution is 5.09. The van der Waals surface area contributed by atoms with Gasteiger partial charge in [0.15, 0.2) is 0 Å². The number of nitrogens with two attached hydrogens (primary N) is 1. The molecule has 14 heavy (non-hydrogen) atoms. The number of alkyl halides is 1. The van der Waals surface area contributed by atoms with Gasteiger partial charge in [-0.15, -0.1) is 0 Å². The molecule has 1 atom stereocenters. The summed E-state index contributed by atoms with van der Waals surface area (Å²) in [5.41, 5.74) is 5.88. The highest BCUT2D eigenvalue weighted by atomic mass is 19.1. The highest BCUT2D eigenvalue weighted by Crippen LogP contribution is 2.22. The largest absolute Gasteiger partial charge is 0.335 e. The van der Waals surface area contributed by atoms with Crippen molar-refractivity contribution in [2.24, 2.45) is 5.73 Å². The van der Waals surface area contributed by atoms with Gasteiger partial charge in [0.2, 0.25) is 0 Å². The molecule has 1 aliphatic rings. The van der Waals surface area contributed by atoms with Crippen molar-refractivity contribution in [1.82, 2.24) is 9.55 Å². The molecule has 0 spiro atoms. The van der Waals surface area contributed by atoms with Crippen LogP contribution in [0, 0.1) is 0 Å². The van der Waals surface area contributed by atoms with Gasteiger partial charge in [-0.25, -0.2) is 9.37 Å². The van der Waals surface area contributed by atoms with Crippen molar-refractivity contribution in [3.8, 4) is 0 Å². The topological polar surface area (TPSA) is 43.8 Å². The van der Waals surface area contributed by atoms with Crippen LogP contribution in [0.2, 0.25) is 0 Å². The Hall–Kier alpha value is -0.900. The molecule has 0 saturated heterocycles. The Balaban J connectivity index is 2.15. The maximum atomic E-state index is 13.5. The summed E-state index contributed by atoms with van der Waals surface area (Å²) in [7, 11) is 0. The second-order valence-corrected chi connectivity index (χ2v) is 3.78. The fraction of sp³-hybridized carbons (Fsp3) is 0.700. The van der Waals surface area contributed by atoms with Gasteiger partial charge in [-0.3, -0.25) is 0 Å². The van der Waals surface area contributed by atoms with Gasteiger partial charge in [-0.2, -0.15) is 0 Å². The summed E-state index contributed by atoms with van der Waals surface area (Å²) < 4.78 is 15.5. The molecule has 1 unspecified atom stereocenters. The third kappa shape index (κ3) is 1.80. The van der Waals surface area contributed by atoms with Crippen LogP contribution >= 0.6 is 0 Å². The van der Waals surface area contributed by atoms with Gasteiger partial charge >= 0.3 is 0 Å². The minimum Gasteiger partial charge on any atom is -0.335 e. The summed E-state index contributed by atoms with van der Waals surface area (Å²) in [5.74, 6) is 1.03. The van der Waals surface area contributed by atoms with Crippen LogP contribution in [0.5, 0.6) is 0 Å². The van der Waals surface area contributed by atoms with E-state index in [9.17, 15) is 4.39 Å². The molecule has 0 aromatic carbocycles. The normalized spacial score (nSPS) is 17.9. The average Bonchev–Trinajstić information content (AvgIpc) is 2.61. The fourth-order valence-electron chi connectivity index (χ4n) is 1.88. The van der Waals surface area contributed by atoms with Crippen molar-refractivity contribution in [1.29, 1.82) is 0 Å². The second kappa shape index (κ2) is 4.09. The van der Waals surface area contributed by atoms with Crippen molar-refractivity contribution >= 4 is 0 Å². The van der Waals surface area contributed by atoms with Gasteiger partial charge in [0.05, 0.1) is 5.69 Å². The molecule has 1 aromatic rings. The lowest BCUT2D eigenvalue weighted by Gasteiger charge is -2.11. The lowest BCUT2D eigenvalue weighted by Crippen LogP contribution is -2.08. The molecule has 78 valence electrons. The van der Waals surface area contributed by atoms with E-state index in [-0.39, 0.29) is 0 Å². The molecule has 1 aliphatic heterocycles. The van der Waals surface area contributed by atoms with Gasteiger partial charge in [0, 0.05) is 19.2 Å². The Morgan fingerprint density at radius 2 is 2.43 bits per heavy atom. The number of hydrogen-bond donors (Lipinski definition) is 1. The van der Waals surface area contributed by atoms with E-state index in [1.165, 1.54) is 12.8 Å². The van der Waals surface area contributed by atoms with Gasteiger partial charge < -0.3 is 10.3 Å². The maximum Gasteiger partial charge on any atom is 0.145 e. The monoisotopic (exact) mass is 197 g/mol. The van der Waals surface area contributed by atoms with Gasteiger partial charge in [-0.1, -0.05) is 0 Å². The number of fused-ring (bicyclic) bond motifs is 1. The minimum atomic E-state index is -0.988.